The van der Waals surface area contributed by atoms with Gasteiger partial charge in [0.15, 0.2) is 0 Å². The van der Waals surface area contributed by atoms with E-state index in [0.717, 1.165) is 29.1 Å². The summed E-state index contributed by atoms with van der Waals surface area (Å²) in [6.45, 7) is 2.78. The molecule has 0 saturated carbocycles. The number of nitrogens with zero attached hydrogens (tertiary/aromatic N) is 1. The first-order valence-corrected chi connectivity index (χ1v) is 6.71. The van der Waals surface area contributed by atoms with Gasteiger partial charge in [-0.25, -0.2) is 0 Å². The third-order valence-electron chi connectivity index (χ3n) is 3.51. The molecule has 2 atom stereocenters. The molecule has 0 aliphatic carbocycles. The Morgan fingerprint density at radius 2 is 1.90 bits per heavy atom. The fourth-order valence-corrected chi connectivity index (χ4v) is 2.32. The first kappa shape index (κ1) is 13.1. The van der Waals surface area contributed by atoms with Crippen molar-refractivity contribution in [3.63, 3.8) is 0 Å². The standard InChI is InChI=1S/C16H18N2O2/c1-11-3-4-13(9-17-11)15-10-18-16(20-15)12-5-7-14(19-2)8-6-12/h3-9,15-16,18H,10H2,1-2H3/t15-,16+/m0/s1. The lowest BCUT2D eigenvalue weighted by molar-refractivity contribution is 0.0403. The van der Waals surface area contributed by atoms with Crippen molar-refractivity contribution in [1.29, 1.82) is 0 Å². The van der Waals surface area contributed by atoms with E-state index < -0.39 is 0 Å². The molecule has 2 heterocycles. The van der Waals surface area contributed by atoms with E-state index in [-0.39, 0.29) is 12.3 Å². The zero-order chi connectivity index (χ0) is 13.9. The van der Waals surface area contributed by atoms with Crippen LogP contribution < -0.4 is 10.1 Å². The molecule has 0 spiro atoms. The molecule has 0 bridgehead atoms. The molecule has 104 valence electrons. The van der Waals surface area contributed by atoms with Crippen LogP contribution in [0.2, 0.25) is 0 Å². The number of rotatable bonds is 3. The van der Waals surface area contributed by atoms with Gasteiger partial charge in [-0.2, -0.15) is 0 Å². The third kappa shape index (κ3) is 2.66. The lowest BCUT2D eigenvalue weighted by Crippen LogP contribution is -2.13. The van der Waals surface area contributed by atoms with Crippen molar-refractivity contribution in [3.8, 4) is 5.75 Å². The molecule has 4 heteroatoms. The van der Waals surface area contributed by atoms with Gasteiger partial charge in [-0.05, 0) is 30.7 Å². The van der Waals surface area contributed by atoms with E-state index in [0.29, 0.717) is 0 Å². The first-order chi connectivity index (χ1) is 9.76. The second kappa shape index (κ2) is 5.61. The second-order valence-electron chi connectivity index (χ2n) is 4.92. The van der Waals surface area contributed by atoms with Gasteiger partial charge >= 0.3 is 0 Å². The average Bonchev–Trinajstić information content (AvgIpc) is 2.98. The largest absolute Gasteiger partial charge is 0.497 e. The van der Waals surface area contributed by atoms with Gasteiger partial charge in [-0.3, -0.25) is 10.3 Å². The molecule has 1 aromatic heterocycles. The van der Waals surface area contributed by atoms with E-state index in [1.165, 1.54) is 0 Å². The molecule has 20 heavy (non-hydrogen) atoms. The Hall–Kier alpha value is -1.91. The zero-order valence-electron chi connectivity index (χ0n) is 11.7. The molecule has 3 rings (SSSR count). The smallest absolute Gasteiger partial charge is 0.135 e. The number of ether oxygens (including phenoxy) is 2. The summed E-state index contributed by atoms with van der Waals surface area (Å²) in [5.41, 5.74) is 3.24. The van der Waals surface area contributed by atoms with Crippen LogP contribution in [0.25, 0.3) is 0 Å². The Balaban J connectivity index is 1.71. The topological polar surface area (TPSA) is 43.4 Å². The van der Waals surface area contributed by atoms with Crippen LogP contribution in [-0.4, -0.2) is 18.6 Å². The van der Waals surface area contributed by atoms with Crippen LogP contribution in [0.5, 0.6) is 5.75 Å². The van der Waals surface area contributed by atoms with Crippen molar-refractivity contribution < 1.29 is 9.47 Å². The Morgan fingerprint density at radius 1 is 1.15 bits per heavy atom. The van der Waals surface area contributed by atoms with E-state index >= 15 is 0 Å². The van der Waals surface area contributed by atoms with Crippen molar-refractivity contribution >= 4 is 0 Å². The maximum absolute atomic E-state index is 6.05. The molecule has 1 aliphatic rings. The lowest BCUT2D eigenvalue weighted by atomic mass is 10.1. The van der Waals surface area contributed by atoms with Crippen molar-refractivity contribution in [2.75, 3.05) is 13.7 Å². The van der Waals surface area contributed by atoms with E-state index in [1.54, 1.807) is 7.11 Å². The summed E-state index contributed by atoms with van der Waals surface area (Å²) in [5, 5.41) is 3.38. The third-order valence-corrected chi connectivity index (χ3v) is 3.51. The zero-order valence-corrected chi connectivity index (χ0v) is 11.7. The van der Waals surface area contributed by atoms with Crippen LogP contribution in [0.1, 0.15) is 29.2 Å². The normalized spacial score (nSPS) is 21.9. The molecule has 0 radical (unpaired) electrons. The predicted molar refractivity (Wildman–Crippen MR) is 76.5 cm³/mol. The van der Waals surface area contributed by atoms with Gasteiger partial charge in [0.05, 0.1) is 13.2 Å². The van der Waals surface area contributed by atoms with E-state index in [1.807, 2.05) is 43.5 Å². The summed E-state index contributed by atoms with van der Waals surface area (Å²) in [5.74, 6) is 0.853. The summed E-state index contributed by atoms with van der Waals surface area (Å²) in [4.78, 5) is 4.32. The average molecular weight is 270 g/mol. The van der Waals surface area contributed by atoms with Crippen LogP contribution in [0, 0.1) is 6.92 Å². The van der Waals surface area contributed by atoms with E-state index in [4.69, 9.17) is 9.47 Å². The molecule has 4 nitrogen and oxygen atoms in total. The maximum Gasteiger partial charge on any atom is 0.135 e. The van der Waals surface area contributed by atoms with E-state index in [9.17, 15) is 0 Å². The van der Waals surface area contributed by atoms with Gasteiger partial charge in [0.25, 0.3) is 0 Å². The molecule has 0 amide bonds. The van der Waals surface area contributed by atoms with Crippen molar-refractivity contribution in [3.05, 3.63) is 59.4 Å². The fraction of sp³-hybridized carbons (Fsp3) is 0.312. The summed E-state index contributed by atoms with van der Waals surface area (Å²) in [6, 6.07) is 12.0. The lowest BCUT2D eigenvalue weighted by Gasteiger charge is -2.13. The quantitative estimate of drug-likeness (QED) is 0.931. The van der Waals surface area contributed by atoms with Crippen LogP contribution in [0.3, 0.4) is 0 Å². The number of benzene rings is 1. The highest BCUT2D eigenvalue weighted by Gasteiger charge is 2.27. The summed E-state index contributed by atoms with van der Waals surface area (Å²) in [7, 11) is 1.67. The number of pyridine rings is 1. The number of aromatic nitrogens is 1. The maximum atomic E-state index is 6.05. The van der Waals surface area contributed by atoms with Crippen LogP contribution >= 0.6 is 0 Å². The Bertz CT molecular complexity index is 566. The molecule has 1 saturated heterocycles. The molecular weight excluding hydrogens is 252 g/mol. The van der Waals surface area contributed by atoms with Gasteiger partial charge < -0.3 is 9.47 Å². The molecule has 1 N–H and O–H groups in total. The molecule has 2 aromatic rings. The first-order valence-electron chi connectivity index (χ1n) is 6.71. The van der Waals surface area contributed by atoms with Gasteiger partial charge in [0.1, 0.15) is 12.0 Å². The molecule has 1 aliphatic heterocycles. The van der Waals surface area contributed by atoms with Crippen LogP contribution in [-0.2, 0) is 4.74 Å². The highest BCUT2D eigenvalue weighted by Crippen LogP contribution is 2.30. The van der Waals surface area contributed by atoms with Gasteiger partial charge in [-0.15, -0.1) is 0 Å². The summed E-state index contributed by atoms with van der Waals surface area (Å²) in [6.07, 6.45) is 1.86. The van der Waals surface area contributed by atoms with Crippen molar-refractivity contribution in [1.82, 2.24) is 10.3 Å². The molecular formula is C16H18N2O2. The summed E-state index contributed by atoms with van der Waals surface area (Å²) >= 11 is 0. The minimum Gasteiger partial charge on any atom is -0.497 e. The Morgan fingerprint density at radius 3 is 2.55 bits per heavy atom. The Kier molecular flexibility index (Phi) is 3.67. The fourth-order valence-electron chi connectivity index (χ4n) is 2.32. The highest BCUT2D eigenvalue weighted by atomic mass is 16.5. The highest BCUT2D eigenvalue weighted by molar-refractivity contribution is 5.29. The number of hydrogen-bond acceptors (Lipinski definition) is 4. The second-order valence-corrected chi connectivity index (χ2v) is 4.92. The molecule has 0 unspecified atom stereocenters. The van der Waals surface area contributed by atoms with Crippen molar-refractivity contribution in [2.45, 2.75) is 19.3 Å². The molecule has 1 fully saturated rings. The Labute approximate surface area is 118 Å². The van der Waals surface area contributed by atoms with Gasteiger partial charge in [0.2, 0.25) is 0 Å². The van der Waals surface area contributed by atoms with Crippen LogP contribution in [0.15, 0.2) is 42.6 Å². The van der Waals surface area contributed by atoms with Gasteiger partial charge in [0, 0.05) is 24.0 Å². The number of methoxy groups -OCH3 is 1. The number of hydrogen-bond donors (Lipinski definition) is 1. The van der Waals surface area contributed by atoms with Crippen LogP contribution in [0.4, 0.5) is 0 Å². The SMILES string of the molecule is COc1ccc([C@@H]2NC[C@@H](c3ccc(C)nc3)O2)cc1. The monoisotopic (exact) mass is 270 g/mol. The summed E-state index contributed by atoms with van der Waals surface area (Å²) < 4.78 is 11.2. The predicted octanol–water partition coefficient (Wildman–Crippen LogP) is 2.76. The minimum absolute atomic E-state index is 0.0511. The molecule has 1 aromatic carbocycles. The number of aryl methyl sites for hydroxylation is 1. The minimum atomic E-state index is -0.0767. The number of nitrogens with one attached hydrogen (secondary N) is 1. The van der Waals surface area contributed by atoms with Gasteiger partial charge in [-0.1, -0.05) is 18.2 Å². The van der Waals surface area contributed by atoms with Crippen molar-refractivity contribution in [2.24, 2.45) is 0 Å². The van der Waals surface area contributed by atoms with E-state index in [2.05, 4.69) is 16.4 Å².